The van der Waals surface area contributed by atoms with Crippen LogP contribution >= 0.6 is 0 Å². The average molecular weight is 835 g/mol. The lowest BCUT2D eigenvalue weighted by Crippen LogP contribution is -2.65. The number of aromatic nitrogens is 2. The second-order valence-electron chi connectivity index (χ2n) is 13.1. The van der Waals surface area contributed by atoms with E-state index in [2.05, 4.69) is 0 Å². The number of rotatable bonds is 15. The van der Waals surface area contributed by atoms with Gasteiger partial charge < -0.3 is 74.4 Å². The molecule has 2 unspecified atom stereocenters. The van der Waals surface area contributed by atoms with E-state index in [1.54, 1.807) is 0 Å². The summed E-state index contributed by atoms with van der Waals surface area (Å²) < 4.78 is 37.7. The van der Waals surface area contributed by atoms with Crippen LogP contribution in [-0.2, 0) is 29.7 Å². The number of methoxy groups -OCH3 is 4. The molecular weight excluding hydrogens is 792 g/mol. The molecule has 0 saturated carbocycles. The van der Waals surface area contributed by atoms with Crippen LogP contribution in [-0.4, -0.2) is 157 Å². The molecule has 3 aromatic rings. The lowest BCUT2D eigenvalue weighted by molar-refractivity contribution is -0.411. The van der Waals surface area contributed by atoms with Crippen LogP contribution in [0.4, 0.5) is 0 Å². The maximum Gasteiger partial charge on any atom is 0.332 e. The molecule has 2 saturated heterocycles. The van der Waals surface area contributed by atoms with Crippen LogP contribution in [0.3, 0.4) is 0 Å². The van der Waals surface area contributed by atoms with Gasteiger partial charge in [-0.1, -0.05) is 12.2 Å². The summed E-state index contributed by atoms with van der Waals surface area (Å²) in [5.41, 5.74) is -1.85. The normalized spacial score (nSPS) is 28.1. The van der Waals surface area contributed by atoms with Crippen molar-refractivity contribution in [2.75, 3.05) is 28.4 Å². The SMILES string of the molecule is COc1cc(/C=C/C(=O)C(O)[C@H]2O[C@@](O[C@@H]3O[C@H](C(O)C(=O)/C=C/c4cc(OC)c(O)c(OC)c4)[C@@H](O)[C@H](O)[C@H]3O)(n3ccc(=O)[nH]c3=O)[C@H](O)[C@@H]2O)cc(OC)c1O. The summed E-state index contributed by atoms with van der Waals surface area (Å²) in [7, 11) is 5.06. The van der Waals surface area contributed by atoms with Gasteiger partial charge in [0.15, 0.2) is 47.0 Å². The third-order valence-corrected chi connectivity index (χ3v) is 9.48. The van der Waals surface area contributed by atoms with Crippen molar-refractivity contribution in [3.8, 4) is 34.5 Å². The number of nitrogens with one attached hydrogen (secondary N) is 1. The third kappa shape index (κ3) is 8.72. The van der Waals surface area contributed by atoms with E-state index in [4.69, 9.17) is 33.2 Å². The highest BCUT2D eigenvalue weighted by Crippen LogP contribution is 2.42. The summed E-state index contributed by atoms with van der Waals surface area (Å²) in [6.45, 7) is 0. The predicted molar refractivity (Wildman–Crippen MR) is 196 cm³/mol. The van der Waals surface area contributed by atoms with Crippen molar-refractivity contribution in [3.63, 3.8) is 0 Å². The Morgan fingerprint density at radius 3 is 1.63 bits per heavy atom. The summed E-state index contributed by atoms with van der Waals surface area (Å²) in [5.74, 6) is -6.19. The number of phenols is 2. The van der Waals surface area contributed by atoms with Gasteiger partial charge in [-0.25, -0.2) is 9.36 Å². The number of hydrogen-bond donors (Lipinski definition) is 10. The molecule has 2 aliphatic heterocycles. The minimum absolute atomic E-state index is 0.0242. The Kier molecular flexibility index (Phi) is 13.6. The van der Waals surface area contributed by atoms with Gasteiger partial charge in [0, 0.05) is 12.3 Å². The highest BCUT2D eigenvalue weighted by atomic mass is 16.8. The van der Waals surface area contributed by atoms with Crippen LogP contribution in [0.5, 0.6) is 34.5 Å². The molecular formula is C37H42N2O20. The zero-order chi connectivity index (χ0) is 43.5. The van der Waals surface area contributed by atoms with Crippen molar-refractivity contribution < 1.29 is 88.7 Å². The molecule has 2 aromatic carbocycles. The number of carbonyl (C=O) groups is 2. The first kappa shape index (κ1) is 44.4. The number of nitrogens with zero attached hydrogens (tertiary/aromatic N) is 1. The quantitative estimate of drug-likeness (QED) is 0.0675. The van der Waals surface area contributed by atoms with Gasteiger partial charge in [-0.3, -0.25) is 24.1 Å². The first-order valence-corrected chi connectivity index (χ1v) is 17.4. The molecule has 22 heteroatoms. The van der Waals surface area contributed by atoms with Gasteiger partial charge in [-0.15, -0.1) is 0 Å². The molecule has 320 valence electrons. The predicted octanol–water partition coefficient (Wildman–Crippen LogP) is -3.18. The molecule has 1 aromatic heterocycles. The molecule has 0 amide bonds. The van der Waals surface area contributed by atoms with Gasteiger partial charge in [0.2, 0.25) is 11.5 Å². The van der Waals surface area contributed by atoms with Crippen LogP contribution in [0.1, 0.15) is 11.1 Å². The Morgan fingerprint density at radius 1 is 0.729 bits per heavy atom. The smallest absolute Gasteiger partial charge is 0.332 e. The number of benzene rings is 2. The zero-order valence-corrected chi connectivity index (χ0v) is 31.5. The van der Waals surface area contributed by atoms with Crippen molar-refractivity contribution in [1.29, 1.82) is 0 Å². The molecule has 22 nitrogen and oxygen atoms in total. The minimum atomic E-state index is -3.13. The van der Waals surface area contributed by atoms with Gasteiger partial charge in [0.1, 0.15) is 48.8 Å². The lowest BCUT2D eigenvalue weighted by atomic mass is 9.93. The second kappa shape index (κ2) is 18.1. The maximum atomic E-state index is 13.2. The number of hydrogen-bond acceptors (Lipinski definition) is 20. The van der Waals surface area contributed by atoms with Crippen LogP contribution < -0.4 is 30.2 Å². The Labute approximate surface area is 332 Å². The molecule has 5 rings (SSSR count). The number of carbonyl (C=O) groups excluding carboxylic acids is 2. The van der Waals surface area contributed by atoms with E-state index in [1.807, 2.05) is 4.98 Å². The topological polar surface area (TPSA) is 336 Å². The molecule has 3 heterocycles. The molecule has 59 heavy (non-hydrogen) atoms. The van der Waals surface area contributed by atoms with Gasteiger partial charge >= 0.3 is 5.69 Å². The highest BCUT2D eigenvalue weighted by Gasteiger charge is 2.63. The standard InChI is InChI=1S/C37H42N2O20/c1-53-19-11-15(12-20(54-2)26(19)45)5-7-17(40)24(43)32-29(48)28(47)30(49)35(57-32)59-37(39-10-9-23(42)38-36(39)52)34(51)31(50)33(58-37)25(44)18(41)8-6-16-13-21(55-3)27(46)22(14-16)56-4/h5-14,24-25,28-35,43-51H,1-4H3,(H,38,42,52)/b7-5+,8-6+/t24?,25?,28-,29-,30+,31+,32+,33+,34+,35-,37-/m0/s1. The lowest BCUT2D eigenvalue weighted by Gasteiger charge is -2.44. The number of H-pyrrole nitrogens is 1. The average Bonchev–Trinajstić information content (AvgIpc) is 3.47. The molecule has 0 aliphatic carbocycles. The monoisotopic (exact) mass is 834 g/mol. The van der Waals surface area contributed by atoms with Crippen molar-refractivity contribution in [2.45, 2.75) is 67.1 Å². The highest BCUT2D eigenvalue weighted by molar-refractivity contribution is 5.98. The number of aliphatic hydroxyl groups excluding tert-OH is 7. The maximum absolute atomic E-state index is 13.2. The minimum Gasteiger partial charge on any atom is -0.502 e. The van der Waals surface area contributed by atoms with Crippen LogP contribution in [0.15, 0.2) is 58.3 Å². The van der Waals surface area contributed by atoms with Crippen molar-refractivity contribution >= 4 is 23.7 Å². The Bertz CT molecular complexity index is 2150. The fourth-order valence-corrected chi connectivity index (χ4v) is 6.29. The largest absolute Gasteiger partial charge is 0.502 e. The summed E-state index contributed by atoms with van der Waals surface area (Å²) in [6.07, 6.45) is -18.1. The van der Waals surface area contributed by atoms with Gasteiger partial charge in [0.05, 0.1) is 28.4 Å². The number of ketones is 2. The summed E-state index contributed by atoms with van der Waals surface area (Å²) in [4.78, 5) is 53.3. The number of aromatic hydroxyl groups is 2. The van der Waals surface area contributed by atoms with E-state index >= 15 is 0 Å². The van der Waals surface area contributed by atoms with Gasteiger partial charge in [-0.05, 0) is 47.5 Å². The first-order chi connectivity index (χ1) is 27.9. The third-order valence-electron chi connectivity index (χ3n) is 9.48. The Balaban J connectivity index is 1.44. The first-order valence-electron chi connectivity index (χ1n) is 17.4. The van der Waals surface area contributed by atoms with E-state index in [0.717, 1.165) is 18.2 Å². The number of aromatic amines is 1. The number of ether oxygens (including phenoxy) is 7. The summed E-state index contributed by atoms with van der Waals surface area (Å²) >= 11 is 0. The van der Waals surface area contributed by atoms with E-state index in [1.165, 1.54) is 64.9 Å². The molecule has 0 spiro atoms. The fraction of sp³-hybridized carbons (Fsp3) is 0.405. The van der Waals surface area contributed by atoms with Crippen molar-refractivity contribution in [3.05, 3.63) is 80.6 Å². The van der Waals surface area contributed by atoms with E-state index < -0.39 is 90.0 Å². The van der Waals surface area contributed by atoms with Gasteiger partial charge in [-0.2, -0.15) is 0 Å². The van der Waals surface area contributed by atoms with Crippen LogP contribution in [0.2, 0.25) is 0 Å². The Hall–Kier alpha value is -5.66. The molecule has 10 N–H and O–H groups in total. The van der Waals surface area contributed by atoms with Crippen molar-refractivity contribution in [1.82, 2.24) is 9.55 Å². The number of phenolic OH excluding ortho intramolecular Hbond substituents is 2. The molecule has 2 fully saturated rings. The summed E-state index contributed by atoms with van der Waals surface area (Å²) in [6, 6.07) is 6.03. The zero-order valence-electron chi connectivity index (χ0n) is 31.5. The van der Waals surface area contributed by atoms with Crippen LogP contribution in [0.25, 0.3) is 12.2 Å². The number of aliphatic hydroxyl groups is 7. The molecule has 0 radical (unpaired) electrons. The van der Waals surface area contributed by atoms with E-state index in [0.29, 0.717) is 10.8 Å². The van der Waals surface area contributed by atoms with Gasteiger partial charge in [0.25, 0.3) is 11.5 Å². The molecule has 2 aliphatic rings. The summed E-state index contributed by atoms with van der Waals surface area (Å²) in [5, 5.41) is 97.6. The molecule has 0 bridgehead atoms. The van der Waals surface area contributed by atoms with Crippen LogP contribution in [0, 0.1) is 0 Å². The molecule has 11 atom stereocenters. The van der Waals surface area contributed by atoms with Crippen molar-refractivity contribution in [2.24, 2.45) is 0 Å². The second-order valence-corrected chi connectivity index (χ2v) is 13.1. The fourth-order valence-electron chi connectivity index (χ4n) is 6.29. The van der Waals surface area contributed by atoms with E-state index in [-0.39, 0.29) is 45.6 Å². The van der Waals surface area contributed by atoms with E-state index in [9.17, 15) is 65.1 Å². The Morgan fingerprint density at radius 2 is 1.19 bits per heavy atom.